The monoisotopic (exact) mass is 249 g/mol. The van der Waals surface area contributed by atoms with Gasteiger partial charge in [0.25, 0.3) is 0 Å². The van der Waals surface area contributed by atoms with E-state index in [-0.39, 0.29) is 11.8 Å². The second-order valence-electron chi connectivity index (χ2n) is 4.67. The molecule has 1 rings (SSSR count). The summed E-state index contributed by atoms with van der Waals surface area (Å²) < 4.78 is 0. The van der Waals surface area contributed by atoms with Crippen LogP contribution < -0.4 is 5.73 Å². The zero-order valence-corrected chi connectivity index (χ0v) is 11.4. The minimum Gasteiger partial charge on any atom is -0.409 e. The predicted octanol–water partition coefficient (Wildman–Crippen LogP) is 2.25. The van der Waals surface area contributed by atoms with Gasteiger partial charge in [-0.1, -0.05) is 42.4 Å². The van der Waals surface area contributed by atoms with Gasteiger partial charge in [0, 0.05) is 12.6 Å². The zero-order chi connectivity index (χ0) is 13.5. The van der Waals surface area contributed by atoms with Crippen LogP contribution in [0, 0.1) is 0 Å². The Hall–Kier alpha value is -1.55. The van der Waals surface area contributed by atoms with Crippen molar-refractivity contribution in [3.05, 3.63) is 35.9 Å². The van der Waals surface area contributed by atoms with Gasteiger partial charge < -0.3 is 15.8 Å². The van der Waals surface area contributed by atoms with E-state index in [0.717, 1.165) is 18.7 Å². The Morgan fingerprint density at radius 3 is 2.39 bits per heavy atom. The van der Waals surface area contributed by atoms with Crippen molar-refractivity contribution in [1.82, 2.24) is 4.90 Å². The molecule has 18 heavy (non-hydrogen) atoms. The third-order valence-electron chi connectivity index (χ3n) is 3.23. The van der Waals surface area contributed by atoms with Crippen molar-refractivity contribution in [2.24, 2.45) is 10.9 Å². The molecule has 0 heterocycles. The minimum absolute atomic E-state index is 0.0708. The lowest BCUT2D eigenvalue weighted by Gasteiger charge is -2.29. The lowest BCUT2D eigenvalue weighted by atomic mass is 9.97. The maximum Gasteiger partial charge on any atom is 0.147 e. The van der Waals surface area contributed by atoms with E-state index in [0.29, 0.717) is 6.04 Å². The van der Waals surface area contributed by atoms with Crippen LogP contribution in [-0.2, 0) is 0 Å². The largest absolute Gasteiger partial charge is 0.409 e. The van der Waals surface area contributed by atoms with Gasteiger partial charge in [0.2, 0.25) is 0 Å². The number of nitrogens with two attached hydrogens (primary N) is 1. The van der Waals surface area contributed by atoms with Crippen LogP contribution in [-0.4, -0.2) is 35.1 Å². The first-order chi connectivity index (χ1) is 8.60. The molecule has 4 heteroatoms. The Morgan fingerprint density at radius 2 is 1.94 bits per heavy atom. The van der Waals surface area contributed by atoms with Gasteiger partial charge in [-0.25, -0.2) is 0 Å². The fraction of sp³-hybridized carbons (Fsp3) is 0.500. The first-order valence-corrected chi connectivity index (χ1v) is 6.36. The molecule has 0 amide bonds. The molecular weight excluding hydrogens is 226 g/mol. The Morgan fingerprint density at radius 1 is 1.33 bits per heavy atom. The van der Waals surface area contributed by atoms with Gasteiger partial charge in [0.05, 0.1) is 5.92 Å². The molecule has 0 fully saturated rings. The topological polar surface area (TPSA) is 61.8 Å². The van der Waals surface area contributed by atoms with Crippen LogP contribution in [0.25, 0.3) is 0 Å². The summed E-state index contributed by atoms with van der Waals surface area (Å²) in [6.45, 7) is 8.12. The van der Waals surface area contributed by atoms with Crippen molar-refractivity contribution in [3.8, 4) is 0 Å². The summed E-state index contributed by atoms with van der Waals surface area (Å²) in [5, 5.41) is 12.1. The van der Waals surface area contributed by atoms with Crippen LogP contribution in [0.2, 0.25) is 0 Å². The lowest BCUT2D eigenvalue weighted by Crippen LogP contribution is -2.38. The molecule has 1 aromatic rings. The Balaban J connectivity index is 2.93. The van der Waals surface area contributed by atoms with E-state index in [1.54, 1.807) is 0 Å². The molecule has 0 aromatic heterocycles. The number of likely N-dealkylation sites (N-methyl/N-ethyl adjacent to an activating group) is 1. The number of hydrogen-bond donors (Lipinski definition) is 2. The van der Waals surface area contributed by atoms with Gasteiger partial charge >= 0.3 is 0 Å². The van der Waals surface area contributed by atoms with Crippen molar-refractivity contribution in [2.75, 3.05) is 13.1 Å². The summed E-state index contributed by atoms with van der Waals surface area (Å²) in [5.74, 6) is 0.193. The number of nitrogens with zero attached hydrogens (tertiary/aromatic N) is 2. The quantitative estimate of drug-likeness (QED) is 0.352. The molecule has 0 bridgehead atoms. The van der Waals surface area contributed by atoms with Crippen LogP contribution in [0.5, 0.6) is 0 Å². The molecule has 1 unspecified atom stereocenters. The maximum atomic E-state index is 8.94. The second kappa shape index (κ2) is 7.01. The van der Waals surface area contributed by atoms with Crippen LogP contribution in [0.3, 0.4) is 0 Å². The number of amidine groups is 1. The van der Waals surface area contributed by atoms with E-state index < -0.39 is 0 Å². The van der Waals surface area contributed by atoms with Gasteiger partial charge in [0.15, 0.2) is 0 Å². The molecule has 0 aliphatic heterocycles. The van der Waals surface area contributed by atoms with Crippen LogP contribution in [0.4, 0.5) is 0 Å². The normalized spacial score (nSPS) is 14.2. The first kappa shape index (κ1) is 14.5. The van der Waals surface area contributed by atoms with E-state index in [2.05, 4.69) is 30.8 Å². The average Bonchev–Trinajstić information content (AvgIpc) is 2.39. The molecule has 100 valence electrons. The number of oxime groups is 1. The Bertz CT molecular complexity index is 376. The summed E-state index contributed by atoms with van der Waals surface area (Å²) >= 11 is 0. The molecule has 0 aliphatic rings. The molecule has 0 saturated carbocycles. The summed E-state index contributed by atoms with van der Waals surface area (Å²) in [5.41, 5.74) is 6.90. The van der Waals surface area contributed by atoms with E-state index in [4.69, 9.17) is 10.9 Å². The summed E-state index contributed by atoms with van der Waals surface area (Å²) in [6.07, 6.45) is 0. The van der Waals surface area contributed by atoms with Gasteiger partial charge in [-0.2, -0.15) is 0 Å². The summed E-state index contributed by atoms with van der Waals surface area (Å²) in [6, 6.07) is 10.4. The van der Waals surface area contributed by atoms with E-state index in [1.165, 1.54) is 0 Å². The molecule has 0 saturated heterocycles. The van der Waals surface area contributed by atoms with Crippen LogP contribution >= 0.6 is 0 Å². The van der Waals surface area contributed by atoms with Gasteiger partial charge in [-0.15, -0.1) is 0 Å². The highest BCUT2D eigenvalue weighted by Gasteiger charge is 2.20. The third-order valence-corrected chi connectivity index (χ3v) is 3.23. The van der Waals surface area contributed by atoms with Crippen LogP contribution in [0.1, 0.15) is 32.3 Å². The number of hydrogen-bond acceptors (Lipinski definition) is 3. The highest BCUT2D eigenvalue weighted by molar-refractivity contribution is 5.87. The molecule has 1 aromatic carbocycles. The highest BCUT2D eigenvalue weighted by Crippen LogP contribution is 2.18. The van der Waals surface area contributed by atoms with Crippen molar-refractivity contribution in [3.63, 3.8) is 0 Å². The van der Waals surface area contributed by atoms with E-state index in [1.807, 2.05) is 30.3 Å². The van der Waals surface area contributed by atoms with Gasteiger partial charge in [-0.3, -0.25) is 0 Å². The molecule has 3 N–H and O–H groups in total. The lowest BCUT2D eigenvalue weighted by molar-refractivity contribution is 0.229. The van der Waals surface area contributed by atoms with Crippen molar-refractivity contribution < 1.29 is 5.21 Å². The predicted molar refractivity (Wildman–Crippen MR) is 75.0 cm³/mol. The fourth-order valence-corrected chi connectivity index (χ4v) is 2.06. The molecule has 0 spiro atoms. The number of rotatable bonds is 6. The Labute approximate surface area is 109 Å². The average molecular weight is 249 g/mol. The number of benzene rings is 1. The maximum absolute atomic E-state index is 8.94. The minimum atomic E-state index is -0.0708. The zero-order valence-electron chi connectivity index (χ0n) is 11.4. The summed E-state index contributed by atoms with van der Waals surface area (Å²) in [4.78, 5) is 2.30. The van der Waals surface area contributed by atoms with E-state index >= 15 is 0 Å². The van der Waals surface area contributed by atoms with Crippen molar-refractivity contribution in [2.45, 2.75) is 32.7 Å². The third kappa shape index (κ3) is 3.74. The SMILES string of the molecule is CCN(CC(/C(N)=N/O)c1ccccc1)C(C)C. The standard InChI is InChI=1S/C14H23N3O/c1-4-17(11(2)3)10-13(14(15)16-18)12-8-6-5-7-9-12/h5-9,11,13,18H,4,10H2,1-3H3,(H2,15,16). The smallest absolute Gasteiger partial charge is 0.147 e. The molecule has 0 aliphatic carbocycles. The van der Waals surface area contributed by atoms with Crippen LogP contribution in [0.15, 0.2) is 35.5 Å². The van der Waals surface area contributed by atoms with Gasteiger partial charge in [0.1, 0.15) is 5.84 Å². The van der Waals surface area contributed by atoms with Gasteiger partial charge in [-0.05, 0) is 26.0 Å². The molecule has 1 atom stereocenters. The van der Waals surface area contributed by atoms with Crippen molar-refractivity contribution >= 4 is 5.84 Å². The molecule has 4 nitrogen and oxygen atoms in total. The summed E-state index contributed by atoms with van der Waals surface area (Å²) in [7, 11) is 0. The first-order valence-electron chi connectivity index (χ1n) is 6.36. The Kier molecular flexibility index (Phi) is 5.65. The van der Waals surface area contributed by atoms with E-state index in [9.17, 15) is 0 Å². The molecule has 0 radical (unpaired) electrons. The fourth-order valence-electron chi connectivity index (χ4n) is 2.06. The molecular formula is C14H23N3O. The second-order valence-corrected chi connectivity index (χ2v) is 4.67. The highest BCUT2D eigenvalue weighted by atomic mass is 16.4. The van der Waals surface area contributed by atoms with Crippen molar-refractivity contribution in [1.29, 1.82) is 0 Å².